The molecule has 0 saturated carbocycles. The minimum Gasteiger partial charge on any atom is -0.478 e. The van der Waals surface area contributed by atoms with E-state index in [1.165, 1.54) is 6.07 Å². The normalized spacial score (nSPS) is 10.5. The number of benzene rings is 1. The number of aromatic nitrogens is 3. The Labute approximate surface area is 127 Å². The van der Waals surface area contributed by atoms with Gasteiger partial charge in [-0.15, -0.1) is 0 Å². The van der Waals surface area contributed by atoms with E-state index in [0.29, 0.717) is 17.1 Å². The quantitative estimate of drug-likeness (QED) is 0.783. The Bertz CT molecular complexity index is 799. The zero-order valence-corrected chi connectivity index (χ0v) is 12.1. The smallest absolute Gasteiger partial charge is 0.336 e. The van der Waals surface area contributed by atoms with Crippen molar-refractivity contribution < 1.29 is 14.4 Å². The van der Waals surface area contributed by atoms with Gasteiger partial charge in [-0.05, 0) is 40.2 Å². The van der Waals surface area contributed by atoms with E-state index in [9.17, 15) is 9.90 Å². The molecular weight excluding hydrogens is 338 g/mol. The predicted molar refractivity (Wildman–Crippen MR) is 77.6 cm³/mol. The highest BCUT2D eigenvalue weighted by Gasteiger charge is 2.17. The SMILES string of the molecule is O=C(O)c1ccccc1-c1nc(-c2ccc(Br)cn2)no1. The average molecular weight is 346 g/mol. The number of carboxylic acid groups (broad SMARTS) is 1. The minimum atomic E-state index is -1.05. The first kappa shape index (κ1) is 13.4. The van der Waals surface area contributed by atoms with Crippen LogP contribution in [0.3, 0.4) is 0 Å². The zero-order valence-electron chi connectivity index (χ0n) is 10.5. The molecule has 0 unspecified atom stereocenters. The van der Waals surface area contributed by atoms with Crippen LogP contribution in [0.5, 0.6) is 0 Å². The van der Waals surface area contributed by atoms with Crippen molar-refractivity contribution in [2.45, 2.75) is 0 Å². The van der Waals surface area contributed by atoms with Gasteiger partial charge >= 0.3 is 5.97 Å². The molecule has 0 aliphatic carbocycles. The monoisotopic (exact) mass is 345 g/mol. The minimum absolute atomic E-state index is 0.108. The second-order valence-electron chi connectivity index (χ2n) is 4.14. The van der Waals surface area contributed by atoms with Crippen LogP contribution in [-0.2, 0) is 0 Å². The van der Waals surface area contributed by atoms with E-state index in [4.69, 9.17) is 4.52 Å². The summed E-state index contributed by atoms with van der Waals surface area (Å²) in [6, 6.07) is 10.0. The van der Waals surface area contributed by atoms with Crippen LogP contribution in [0.1, 0.15) is 10.4 Å². The van der Waals surface area contributed by atoms with E-state index in [1.807, 2.05) is 6.07 Å². The lowest BCUT2D eigenvalue weighted by molar-refractivity contribution is 0.0697. The summed E-state index contributed by atoms with van der Waals surface area (Å²) in [5.74, 6) is -0.600. The van der Waals surface area contributed by atoms with Crippen LogP contribution < -0.4 is 0 Å². The molecular formula is C14H8BrN3O3. The van der Waals surface area contributed by atoms with Crippen LogP contribution in [0.15, 0.2) is 51.6 Å². The van der Waals surface area contributed by atoms with Crippen molar-refractivity contribution in [1.29, 1.82) is 0 Å². The Morgan fingerprint density at radius 3 is 2.71 bits per heavy atom. The number of nitrogens with zero attached hydrogens (tertiary/aromatic N) is 3. The molecule has 0 saturated heterocycles. The van der Waals surface area contributed by atoms with E-state index < -0.39 is 5.97 Å². The van der Waals surface area contributed by atoms with Crippen LogP contribution in [0.4, 0.5) is 0 Å². The molecule has 3 rings (SSSR count). The van der Waals surface area contributed by atoms with Gasteiger partial charge < -0.3 is 9.63 Å². The van der Waals surface area contributed by atoms with E-state index in [1.54, 1.807) is 30.5 Å². The summed E-state index contributed by atoms with van der Waals surface area (Å²) >= 11 is 3.29. The van der Waals surface area contributed by atoms with Gasteiger partial charge in [0, 0.05) is 10.7 Å². The lowest BCUT2D eigenvalue weighted by Gasteiger charge is -1.99. The Hall–Kier alpha value is -2.54. The third kappa shape index (κ3) is 2.68. The maximum Gasteiger partial charge on any atom is 0.336 e. The Morgan fingerprint density at radius 2 is 2.00 bits per heavy atom. The third-order valence-electron chi connectivity index (χ3n) is 2.77. The van der Waals surface area contributed by atoms with Gasteiger partial charge in [0.15, 0.2) is 0 Å². The molecule has 2 aromatic heterocycles. The number of hydrogen-bond donors (Lipinski definition) is 1. The fraction of sp³-hybridized carbons (Fsp3) is 0. The largest absolute Gasteiger partial charge is 0.478 e. The van der Waals surface area contributed by atoms with E-state index in [0.717, 1.165) is 4.47 Å². The van der Waals surface area contributed by atoms with Crippen molar-refractivity contribution in [2.24, 2.45) is 0 Å². The van der Waals surface area contributed by atoms with E-state index >= 15 is 0 Å². The second-order valence-corrected chi connectivity index (χ2v) is 5.05. The van der Waals surface area contributed by atoms with Crippen molar-refractivity contribution in [3.63, 3.8) is 0 Å². The highest BCUT2D eigenvalue weighted by atomic mass is 79.9. The van der Waals surface area contributed by atoms with Gasteiger partial charge in [0.1, 0.15) is 5.69 Å². The molecule has 21 heavy (non-hydrogen) atoms. The molecule has 1 N–H and O–H groups in total. The maximum atomic E-state index is 11.2. The molecule has 0 radical (unpaired) electrons. The molecule has 6 nitrogen and oxygen atoms in total. The van der Waals surface area contributed by atoms with Crippen molar-refractivity contribution in [3.8, 4) is 23.0 Å². The summed E-state index contributed by atoms with van der Waals surface area (Å²) < 4.78 is 5.99. The number of aromatic carboxylic acids is 1. The highest BCUT2D eigenvalue weighted by Crippen LogP contribution is 2.24. The summed E-state index contributed by atoms with van der Waals surface area (Å²) in [5, 5.41) is 13.0. The van der Waals surface area contributed by atoms with Crippen LogP contribution in [0.2, 0.25) is 0 Å². The topological polar surface area (TPSA) is 89.1 Å². The average Bonchev–Trinajstić information content (AvgIpc) is 2.97. The molecule has 104 valence electrons. The van der Waals surface area contributed by atoms with Gasteiger partial charge in [0.2, 0.25) is 5.82 Å². The van der Waals surface area contributed by atoms with Gasteiger partial charge in [-0.3, -0.25) is 4.98 Å². The molecule has 2 heterocycles. The number of carbonyl (C=O) groups is 1. The molecule has 0 spiro atoms. The molecule has 0 bridgehead atoms. The van der Waals surface area contributed by atoms with Crippen LogP contribution in [-0.4, -0.2) is 26.2 Å². The first-order valence-electron chi connectivity index (χ1n) is 5.93. The van der Waals surface area contributed by atoms with Gasteiger partial charge in [-0.2, -0.15) is 4.98 Å². The van der Waals surface area contributed by atoms with Crippen LogP contribution >= 0.6 is 15.9 Å². The molecule has 0 amide bonds. The van der Waals surface area contributed by atoms with Crippen molar-refractivity contribution in [2.75, 3.05) is 0 Å². The maximum absolute atomic E-state index is 11.2. The van der Waals surface area contributed by atoms with E-state index in [-0.39, 0.29) is 11.5 Å². The lowest BCUT2D eigenvalue weighted by Crippen LogP contribution is -1.99. The molecule has 0 fully saturated rings. The Kier molecular flexibility index (Phi) is 3.49. The van der Waals surface area contributed by atoms with Crippen LogP contribution in [0.25, 0.3) is 23.0 Å². The number of halogens is 1. The molecule has 3 aromatic rings. The highest BCUT2D eigenvalue weighted by molar-refractivity contribution is 9.10. The number of rotatable bonds is 3. The van der Waals surface area contributed by atoms with Gasteiger partial charge in [-0.25, -0.2) is 4.79 Å². The van der Waals surface area contributed by atoms with E-state index in [2.05, 4.69) is 31.1 Å². The summed E-state index contributed by atoms with van der Waals surface area (Å²) in [6.07, 6.45) is 1.62. The van der Waals surface area contributed by atoms with Gasteiger partial charge in [0.05, 0.1) is 11.1 Å². The fourth-order valence-electron chi connectivity index (χ4n) is 1.80. The number of pyridine rings is 1. The molecule has 0 aliphatic heterocycles. The van der Waals surface area contributed by atoms with Gasteiger partial charge in [0.25, 0.3) is 5.89 Å². The Morgan fingerprint density at radius 1 is 1.19 bits per heavy atom. The van der Waals surface area contributed by atoms with Crippen molar-refractivity contribution in [1.82, 2.24) is 15.1 Å². The third-order valence-corrected chi connectivity index (χ3v) is 3.24. The summed E-state index contributed by atoms with van der Waals surface area (Å²) in [5.41, 5.74) is 1.03. The lowest BCUT2D eigenvalue weighted by atomic mass is 10.1. The first-order chi connectivity index (χ1) is 10.1. The molecule has 0 atom stereocenters. The van der Waals surface area contributed by atoms with Gasteiger partial charge in [-0.1, -0.05) is 17.3 Å². The van der Waals surface area contributed by atoms with Crippen molar-refractivity contribution in [3.05, 3.63) is 52.6 Å². The summed E-state index contributed by atoms with van der Waals surface area (Å²) in [7, 11) is 0. The standard InChI is InChI=1S/C14H8BrN3O3/c15-8-5-6-11(16-7-8)12-17-13(21-18-12)9-3-1-2-4-10(9)14(19)20/h1-7H,(H,19,20). The predicted octanol–water partition coefficient (Wildman–Crippen LogP) is 3.26. The second kappa shape index (κ2) is 5.45. The first-order valence-corrected chi connectivity index (χ1v) is 6.73. The molecule has 1 aromatic carbocycles. The summed E-state index contributed by atoms with van der Waals surface area (Å²) in [4.78, 5) is 19.6. The number of hydrogen-bond acceptors (Lipinski definition) is 5. The molecule has 0 aliphatic rings. The van der Waals surface area contributed by atoms with Crippen LogP contribution in [0, 0.1) is 0 Å². The zero-order chi connectivity index (χ0) is 14.8. The Balaban J connectivity index is 2.03. The molecule has 7 heteroatoms. The summed E-state index contributed by atoms with van der Waals surface area (Å²) in [6.45, 7) is 0. The van der Waals surface area contributed by atoms with Crippen molar-refractivity contribution >= 4 is 21.9 Å². The fourth-order valence-corrected chi connectivity index (χ4v) is 2.04. The number of carboxylic acids is 1.